The zero-order valence-electron chi connectivity index (χ0n) is 12.3. The molecule has 20 heavy (non-hydrogen) atoms. The van der Waals surface area contributed by atoms with Gasteiger partial charge in [-0.3, -0.25) is 4.79 Å². The Kier molecular flexibility index (Phi) is 5.43. The summed E-state index contributed by atoms with van der Waals surface area (Å²) in [6.45, 7) is 1.46. The van der Waals surface area contributed by atoms with Gasteiger partial charge < -0.3 is 10.2 Å². The van der Waals surface area contributed by atoms with Gasteiger partial charge in [0.1, 0.15) is 0 Å². The highest BCUT2D eigenvalue weighted by molar-refractivity contribution is 7.91. The van der Waals surface area contributed by atoms with Crippen molar-refractivity contribution in [3.63, 3.8) is 0 Å². The Morgan fingerprint density at radius 1 is 1.20 bits per heavy atom. The van der Waals surface area contributed by atoms with E-state index in [1.54, 1.807) is 0 Å². The molecule has 1 saturated carbocycles. The molecular weight excluding hydrogens is 276 g/mol. The van der Waals surface area contributed by atoms with Crippen molar-refractivity contribution in [1.29, 1.82) is 0 Å². The molecule has 116 valence electrons. The van der Waals surface area contributed by atoms with Crippen LogP contribution in [0.25, 0.3) is 0 Å². The third kappa shape index (κ3) is 4.45. The number of amides is 1. The van der Waals surface area contributed by atoms with Crippen molar-refractivity contribution in [2.45, 2.75) is 44.6 Å². The summed E-state index contributed by atoms with van der Waals surface area (Å²) < 4.78 is 22.7. The largest absolute Gasteiger partial charge is 0.355 e. The molecule has 0 aromatic heterocycles. The number of nitrogens with one attached hydrogen (secondary N) is 1. The van der Waals surface area contributed by atoms with E-state index in [2.05, 4.69) is 17.3 Å². The van der Waals surface area contributed by atoms with Gasteiger partial charge in [-0.1, -0.05) is 19.3 Å². The van der Waals surface area contributed by atoms with Crippen LogP contribution in [0.4, 0.5) is 0 Å². The van der Waals surface area contributed by atoms with Gasteiger partial charge in [0, 0.05) is 19.1 Å². The van der Waals surface area contributed by atoms with Crippen molar-refractivity contribution in [3.05, 3.63) is 0 Å². The summed E-state index contributed by atoms with van der Waals surface area (Å²) >= 11 is 0. The first-order valence-electron chi connectivity index (χ1n) is 7.66. The maximum Gasteiger partial charge on any atom is 0.224 e. The SMILES string of the molecule is CN(CCNC(=O)C1CCS(=O)(=O)C1)C1CCCCC1. The van der Waals surface area contributed by atoms with Crippen molar-refractivity contribution < 1.29 is 13.2 Å². The number of hydrogen-bond acceptors (Lipinski definition) is 4. The van der Waals surface area contributed by atoms with Crippen molar-refractivity contribution in [2.24, 2.45) is 5.92 Å². The summed E-state index contributed by atoms with van der Waals surface area (Å²) in [5.41, 5.74) is 0. The number of nitrogens with zero attached hydrogens (tertiary/aromatic N) is 1. The first kappa shape index (κ1) is 15.8. The lowest BCUT2D eigenvalue weighted by atomic mass is 9.94. The molecule has 0 spiro atoms. The normalized spacial score (nSPS) is 26.8. The standard InChI is InChI=1S/C14H26N2O3S/c1-16(13-5-3-2-4-6-13)9-8-15-14(17)12-7-10-20(18,19)11-12/h12-13H,2-11H2,1H3,(H,15,17). The van der Waals surface area contributed by atoms with Crippen LogP contribution in [-0.2, 0) is 14.6 Å². The quantitative estimate of drug-likeness (QED) is 0.816. The van der Waals surface area contributed by atoms with Gasteiger partial charge in [0.05, 0.1) is 17.4 Å². The number of carbonyl (C=O) groups excluding carboxylic acids is 1. The molecule has 0 bridgehead atoms. The maximum absolute atomic E-state index is 11.9. The third-order valence-electron chi connectivity index (χ3n) is 4.57. The first-order valence-corrected chi connectivity index (χ1v) is 9.48. The predicted octanol–water partition coefficient (Wildman–Crippen LogP) is 0.802. The van der Waals surface area contributed by atoms with E-state index < -0.39 is 9.84 Å². The molecule has 1 amide bonds. The Morgan fingerprint density at radius 2 is 1.90 bits per heavy atom. The molecule has 0 aromatic rings. The average Bonchev–Trinajstić information content (AvgIpc) is 2.80. The van der Waals surface area contributed by atoms with Gasteiger partial charge >= 0.3 is 0 Å². The van der Waals surface area contributed by atoms with Gasteiger partial charge in [0.2, 0.25) is 5.91 Å². The van der Waals surface area contributed by atoms with Gasteiger partial charge in [-0.15, -0.1) is 0 Å². The summed E-state index contributed by atoms with van der Waals surface area (Å²) in [4.78, 5) is 14.2. The number of likely N-dealkylation sites (N-methyl/N-ethyl adjacent to an activating group) is 1. The zero-order valence-corrected chi connectivity index (χ0v) is 13.1. The summed E-state index contributed by atoms with van der Waals surface area (Å²) in [5.74, 6) is -0.243. The van der Waals surface area contributed by atoms with Crippen LogP contribution in [0.1, 0.15) is 38.5 Å². The average molecular weight is 302 g/mol. The Balaban J connectivity index is 1.66. The van der Waals surface area contributed by atoms with E-state index in [4.69, 9.17) is 0 Å². The minimum Gasteiger partial charge on any atom is -0.355 e. The summed E-state index contributed by atoms with van der Waals surface area (Å²) in [7, 11) is -0.857. The highest BCUT2D eigenvalue weighted by Gasteiger charge is 2.32. The molecule has 1 aliphatic heterocycles. The molecule has 0 aromatic carbocycles. The van der Waals surface area contributed by atoms with E-state index in [9.17, 15) is 13.2 Å². The van der Waals surface area contributed by atoms with E-state index in [-0.39, 0.29) is 23.3 Å². The lowest BCUT2D eigenvalue weighted by Crippen LogP contribution is -2.41. The Bertz CT molecular complexity index is 430. The molecule has 2 aliphatic rings. The molecule has 1 atom stereocenters. The lowest BCUT2D eigenvalue weighted by Gasteiger charge is -2.31. The van der Waals surface area contributed by atoms with E-state index in [0.717, 1.165) is 6.54 Å². The molecule has 5 nitrogen and oxygen atoms in total. The molecule has 1 unspecified atom stereocenters. The van der Waals surface area contributed by atoms with E-state index in [0.29, 0.717) is 19.0 Å². The summed E-state index contributed by atoms with van der Waals surface area (Å²) in [5, 5.41) is 2.89. The Labute approximate surface area is 122 Å². The minimum absolute atomic E-state index is 0.0251. The number of hydrogen-bond donors (Lipinski definition) is 1. The van der Waals surface area contributed by atoms with E-state index >= 15 is 0 Å². The highest BCUT2D eigenvalue weighted by Crippen LogP contribution is 2.21. The molecule has 1 saturated heterocycles. The predicted molar refractivity (Wildman–Crippen MR) is 79.3 cm³/mol. The molecule has 2 rings (SSSR count). The number of rotatable bonds is 5. The topological polar surface area (TPSA) is 66.5 Å². The summed E-state index contributed by atoms with van der Waals surface area (Å²) in [6.07, 6.45) is 6.95. The monoisotopic (exact) mass is 302 g/mol. The Hall–Kier alpha value is -0.620. The van der Waals surface area contributed by atoms with Crippen LogP contribution in [0, 0.1) is 5.92 Å². The third-order valence-corrected chi connectivity index (χ3v) is 6.33. The van der Waals surface area contributed by atoms with Gasteiger partial charge in [-0.05, 0) is 26.3 Å². The van der Waals surface area contributed by atoms with Crippen LogP contribution < -0.4 is 5.32 Å². The molecule has 6 heteroatoms. The van der Waals surface area contributed by atoms with Crippen LogP contribution in [0.3, 0.4) is 0 Å². The molecule has 1 N–H and O–H groups in total. The van der Waals surface area contributed by atoms with Crippen molar-refractivity contribution in [3.8, 4) is 0 Å². The smallest absolute Gasteiger partial charge is 0.224 e. The van der Waals surface area contributed by atoms with E-state index in [1.165, 1.54) is 32.1 Å². The van der Waals surface area contributed by atoms with Crippen LogP contribution >= 0.6 is 0 Å². The van der Waals surface area contributed by atoms with Crippen LogP contribution in [-0.4, -0.2) is 56.9 Å². The van der Waals surface area contributed by atoms with Crippen LogP contribution in [0.15, 0.2) is 0 Å². The second-order valence-electron chi connectivity index (χ2n) is 6.16. The molecule has 0 radical (unpaired) electrons. The molecule has 1 aliphatic carbocycles. The van der Waals surface area contributed by atoms with Crippen molar-refractivity contribution in [1.82, 2.24) is 10.2 Å². The van der Waals surface area contributed by atoms with E-state index in [1.807, 2.05) is 0 Å². The fourth-order valence-corrected chi connectivity index (χ4v) is 4.95. The molecule has 1 heterocycles. The van der Waals surface area contributed by atoms with Crippen LogP contribution in [0.2, 0.25) is 0 Å². The van der Waals surface area contributed by atoms with Gasteiger partial charge in [-0.25, -0.2) is 8.42 Å². The van der Waals surface area contributed by atoms with Crippen molar-refractivity contribution in [2.75, 3.05) is 31.6 Å². The minimum atomic E-state index is -2.97. The van der Waals surface area contributed by atoms with Gasteiger partial charge in [0.15, 0.2) is 9.84 Å². The first-order chi connectivity index (χ1) is 9.48. The molecule has 2 fully saturated rings. The lowest BCUT2D eigenvalue weighted by molar-refractivity contribution is -0.124. The van der Waals surface area contributed by atoms with Gasteiger partial charge in [-0.2, -0.15) is 0 Å². The summed E-state index contributed by atoms with van der Waals surface area (Å²) in [6, 6.07) is 0.646. The number of sulfone groups is 1. The Morgan fingerprint density at radius 3 is 2.50 bits per heavy atom. The van der Waals surface area contributed by atoms with Crippen LogP contribution in [0.5, 0.6) is 0 Å². The highest BCUT2D eigenvalue weighted by atomic mass is 32.2. The number of carbonyl (C=O) groups is 1. The fourth-order valence-electron chi connectivity index (χ4n) is 3.21. The second kappa shape index (κ2) is 6.89. The fraction of sp³-hybridized carbons (Fsp3) is 0.929. The van der Waals surface area contributed by atoms with Crippen molar-refractivity contribution >= 4 is 15.7 Å². The van der Waals surface area contributed by atoms with Gasteiger partial charge in [0.25, 0.3) is 0 Å². The zero-order chi connectivity index (χ0) is 14.6. The molecular formula is C14H26N2O3S. The second-order valence-corrected chi connectivity index (χ2v) is 8.39. The maximum atomic E-state index is 11.9.